The van der Waals surface area contributed by atoms with Crippen molar-refractivity contribution in [2.75, 3.05) is 5.32 Å². The number of nitrogens with one attached hydrogen (secondary N) is 1. The minimum absolute atomic E-state index is 0.653. The van der Waals surface area contributed by atoms with Gasteiger partial charge in [0.05, 0.1) is 0 Å². The van der Waals surface area contributed by atoms with Crippen LogP contribution in [0.3, 0.4) is 0 Å². The monoisotopic (exact) mass is 313 g/mol. The maximum atomic E-state index is 10.9. The average molecular weight is 313 g/mol. The Bertz CT molecular complexity index is 989. The SMILES string of the molecule is O=Cc1ccc(-c2nc3ccccn3c2Nc2ccccc2)cc1. The molecule has 0 radical (unpaired) electrons. The van der Waals surface area contributed by atoms with Crippen molar-refractivity contribution in [1.82, 2.24) is 9.38 Å². The van der Waals surface area contributed by atoms with Crippen LogP contribution in [0.1, 0.15) is 10.4 Å². The van der Waals surface area contributed by atoms with Gasteiger partial charge in [-0.25, -0.2) is 4.98 Å². The lowest BCUT2D eigenvalue weighted by molar-refractivity contribution is 0.112. The molecule has 4 heteroatoms. The third-order valence-corrected chi connectivity index (χ3v) is 3.89. The molecule has 0 saturated carbocycles. The lowest BCUT2D eigenvalue weighted by atomic mass is 10.1. The fourth-order valence-electron chi connectivity index (χ4n) is 2.69. The van der Waals surface area contributed by atoms with Crippen LogP contribution < -0.4 is 5.32 Å². The summed E-state index contributed by atoms with van der Waals surface area (Å²) in [6, 6.07) is 23.4. The summed E-state index contributed by atoms with van der Waals surface area (Å²) in [5.41, 5.74) is 4.32. The molecule has 116 valence electrons. The van der Waals surface area contributed by atoms with E-state index in [1.165, 1.54) is 0 Å². The highest BCUT2D eigenvalue weighted by atomic mass is 16.1. The number of imidazole rings is 1. The molecular formula is C20H15N3O. The van der Waals surface area contributed by atoms with Gasteiger partial charge >= 0.3 is 0 Å². The van der Waals surface area contributed by atoms with E-state index in [4.69, 9.17) is 4.98 Å². The van der Waals surface area contributed by atoms with Crippen molar-refractivity contribution >= 4 is 23.4 Å². The van der Waals surface area contributed by atoms with Crippen LogP contribution >= 0.6 is 0 Å². The molecule has 4 rings (SSSR count). The molecule has 0 fully saturated rings. The van der Waals surface area contributed by atoms with Crippen molar-refractivity contribution in [3.05, 3.63) is 84.6 Å². The molecule has 0 aliphatic carbocycles. The summed E-state index contributed by atoms with van der Waals surface area (Å²) in [5, 5.41) is 3.45. The molecule has 24 heavy (non-hydrogen) atoms. The third-order valence-electron chi connectivity index (χ3n) is 3.89. The second-order valence-corrected chi connectivity index (χ2v) is 5.47. The first-order chi connectivity index (χ1) is 11.8. The number of hydrogen-bond donors (Lipinski definition) is 1. The Labute approximate surface area is 139 Å². The van der Waals surface area contributed by atoms with E-state index in [9.17, 15) is 4.79 Å². The summed E-state index contributed by atoms with van der Waals surface area (Å²) in [6.45, 7) is 0. The molecule has 2 aromatic heterocycles. The molecule has 0 bridgehead atoms. The Morgan fingerprint density at radius 1 is 0.875 bits per heavy atom. The van der Waals surface area contributed by atoms with Crippen LogP contribution in [-0.2, 0) is 0 Å². The van der Waals surface area contributed by atoms with Crippen LogP contribution in [0.4, 0.5) is 11.5 Å². The number of benzene rings is 2. The molecule has 4 nitrogen and oxygen atoms in total. The zero-order chi connectivity index (χ0) is 16.4. The number of aldehydes is 1. The van der Waals surface area contributed by atoms with Gasteiger partial charge in [-0.1, -0.05) is 48.5 Å². The number of aromatic nitrogens is 2. The van der Waals surface area contributed by atoms with E-state index in [0.717, 1.165) is 34.7 Å². The van der Waals surface area contributed by atoms with Gasteiger partial charge in [0.1, 0.15) is 23.4 Å². The zero-order valence-electron chi connectivity index (χ0n) is 12.9. The van der Waals surface area contributed by atoms with Crippen LogP contribution in [-0.4, -0.2) is 15.7 Å². The number of hydrogen-bond acceptors (Lipinski definition) is 3. The number of carbonyl (C=O) groups excluding carboxylic acids is 1. The molecule has 1 N–H and O–H groups in total. The van der Waals surface area contributed by atoms with Gasteiger partial charge in [0.2, 0.25) is 0 Å². The molecule has 2 aromatic carbocycles. The maximum absolute atomic E-state index is 10.9. The van der Waals surface area contributed by atoms with Gasteiger partial charge in [-0.2, -0.15) is 0 Å². The standard InChI is InChI=1S/C20H15N3O/c24-14-15-9-11-16(12-10-15)19-20(21-17-6-2-1-3-7-17)23-13-5-4-8-18(23)22-19/h1-14,21H. The fourth-order valence-corrected chi connectivity index (χ4v) is 2.69. The Kier molecular flexibility index (Phi) is 3.56. The number of pyridine rings is 1. The number of anilines is 2. The van der Waals surface area contributed by atoms with Crippen molar-refractivity contribution in [3.8, 4) is 11.3 Å². The second kappa shape index (κ2) is 6.01. The topological polar surface area (TPSA) is 46.4 Å². The quantitative estimate of drug-likeness (QED) is 0.562. The Balaban J connectivity index is 1.87. The molecule has 4 aromatic rings. The molecule has 2 heterocycles. The summed E-state index contributed by atoms with van der Waals surface area (Å²) in [5.74, 6) is 0.899. The van der Waals surface area contributed by atoms with E-state index >= 15 is 0 Å². The zero-order valence-corrected chi connectivity index (χ0v) is 12.9. The van der Waals surface area contributed by atoms with E-state index in [1.807, 2.05) is 71.3 Å². The molecular weight excluding hydrogens is 298 g/mol. The normalized spacial score (nSPS) is 10.7. The van der Waals surface area contributed by atoms with Crippen molar-refractivity contribution in [2.45, 2.75) is 0 Å². The molecule has 0 spiro atoms. The van der Waals surface area contributed by atoms with Crippen LogP contribution in [0.15, 0.2) is 79.0 Å². The minimum atomic E-state index is 0.653. The smallest absolute Gasteiger partial charge is 0.150 e. The third kappa shape index (κ3) is 2.54. The highest BCUT2D eigenvalue weighted by Gasteiger charge is 2.14. The van der Waals surface area contributed by atoms with E-state index in [0.29, 0.717) is 5.56 Å². The molecule has 0 unspecified atom stereocenters. The van der Waals surface area contributed by atoms with E-state index in [-0.39, 0.29) is 0 Å². The molecule has 0 atom stereocenters. The van der Waals surface area contributed by atoms with E-state index in [2.05, 4.69) is 5.32 Å². The first-order valence-electron chi connectivity index (χ1n) is 7.70. The van der Waals surface area contributed by atoms with Crippen molar-refractivity contribution in [1.29, 1.82) is 0 Å². The number of para-hydroxylation sites is 1. The van der Waals surface area contributed by atoms with Crippen LogP contribution in [0.5, 0.6) is 0 Å². The predicted octanol–water partition coefficient (Wildman–Crippen LogP) is 4.56. The summed E-state index contributed by atoms with van der Waals surface area (Å²) >= 11 is 0. The van der Waals surface area contributed by atoms with Crippen molar-refractivity contribution in [2.24, 2.45) is 0 Å². The Morgan fingerprint density at radius 2 is 1.62 bits per heavy atom. The highest BCUT2D eigenvalue weighted by molar-refractivity contribution is 5.82. The lowest BCUT2D eigenvalue weighted by Gasteiger charge is -2.09. The molecule has 0 saturated heterocycles. The lowest BCUT2D eigenvalue weighted by Crippen LogP contribution is -1.96. The first-order valence-corrected chi connectivity index (χ1v) is 7.70. The second-order valence-electron chi connectivity index (χ2n) is 5.47. The maximum Gasteiger partial charge on any atom is 0.150 e. The molecule has 0 aliphatic heterocycles. The van der Waals surface area contributed by atoms with Crippen molar-refractivity contribution < 1.29 is 4.79 Å². The van der Waals surface area contributed by atoms with Gasteiger partial charge in [0.25, 0.3) is 0 Å². The molecule has 0 aliphatic rings. The minimum Gasteiger partial charge on any atom is -0.339 e. The van der Waals surface area contributed by atoms with Gasteiger partial charge in [0, 0.05) is 23.0 Å². The highest BCUT2D eigenvalue weighted by Crippen LogP contribution is 2.31. The van der Waals surface area contributed by atoms with E-state index < -0.39 is 0 Å². The van der Waals surface area contributed by atoms with Crippen LogP contribution in [0.25, 0.3) is 16.9 Å². The van der Waals surface area contributed by atoms with Gasteiger partial charge < -0.3 is 5.32 Å². The number of rotatable bonds is 4. The molecule has 0 amide bonds. The summed E-state index contributed by atoms with van der Waals surface area (Å²) in [6.07, 6.45) is 2.83. The largest absolute Gasteiger partial charge is 0.339 e. The Morgan fingerprint density at radius 3 is 2.38 bits per heavy atom. The number of carbonyl (C=O) groups is 1. The fraction of sp³-hybridized carbons (Fsp3) is 0. The van der Waals surface area contributed by atoms with Gasteiger partial charge in [-0.15, -0.1) is 0 Å². The number of nitrogens with zero attached hydrogens (tertiary/aromatic N) is 2. The Hall–Kier alpha value is -3.40. The van der Waals surface area contributed by atoms with Crippen LogP contribution in [0.2, 0.25) is 0 Å². The van der Waals surface area contributed by atoms with E-state index in [1.54, 1.807) is 12.1 Å². The van der Waals surface area contributed by atoms with Gasteiger partial charge in [0.15, 0.2) is 0 Å². The van der Waals surface area contributed by atoms with Crippen LogP contribution in [0, 0.1) is 0 Å². The first kappa shape index (κ1) is 14.2. The van der Waals surface area contributed by atoms with Gasteiger partial charge in [-0.3, -0.25) is 9.20 Å². The summed E-state index contributed by atoms with van der Waals surface area (Å²) in [7, 11) is 0. The predicted molar refractivity (Wildman–Crippen MR) is 95.7 cm³/mol. The summed E-state index contributed by atoms with van der Waals surface area (Å²) in [4.78, 5) is 15.6. The number of fused-ring (bicyclic) bond motifs is 1. The summed E-state index contributed by atoms with van der Waals surface area (Å²) < 4.78 is 2.02. The van der Waals surface area contributed by atoms with Gasteiger partial charge in [-0.05, 0) is 24.3 Å². The van der Waals surface area contributed by atoms with Crippen molar-refractivity contribution in [3.63, 3.8) is 0 Å². The average Bonchev–Trinajstić information content (AvgIpc) is 3.01.